The third-order valence-corrected chi connectivity index (χ3v) is 5.83. The number of hydrogen-bond donors (Lipinski definition) is 0. The van der Waals surface area contributed by atoms with Gasteiger partial charge in [-0.05, 0) is 60.4 Å². The van der Waals surface area contributed by atoms with Crippen LogP contribution in [0.1, 0.15) is 30.0 Å². The van der Waals surface area contributed by atoms with Gasteiger partial charge in [-0.15, -0.1) is 0 Å². The summed E-state index contributed by atoms with van der Waals surface area (Å²) in [5.41, 5.74) is 1.76. The Balaban J connectivity index is 1.38. The van der Waals surface area contributed by atoms with Crippen molar-refractivity contribution in [2.45, 2.75) is 45.0 Å². The lowest BCUT2D eigenvalue weighted by molar-refractivity contribution is -0.227. The van der Waals surface area contributed by atoms with Crippen molar-refractivity contribution < 1.29 is 31.8 Å². The molecule has 0 spiro atoms. The van der Waals surface area contributed by atoms with Crippen molar-refractivity contribution in [1.29, 1.82) is 0 Å². The molecule has 3 aromatic carbocycles. The largest absolute Gasteiger partial charge is 0.374 e. The Morgan fingerprint density at radius 3 is 2.24 bits per heavy atom. The molecule has 0 atom stereocenters. The highest BCUT2D eigenvalue weighted by atomic mass is 19.2. The zero-order valence-electron chi connectivity index (χ0n) is 18.4. The van der Waals surface area contributed by atoms with Crippen LogP contribution in [0.3, 0.4) is 0 Å². The number of ether oxygens (including phenoxy) is 3. The molecule has 33 heavy (non-hydrogen) atoms. The van der Waals surface area contributed by atoms with Crippen molar-refractivity contribution in [1.82, 2.24) is 0 Å². The monoisotopic (exact) mass is 462 g/mol. The van der Waals surface area contributed by atoms with Crippen LogP contribution in [0, 0.1) is 23.3 Å². The Labute approximate surface area is 190 Å². The van der Waals surface area contributed by atoms with Gasteiger partial charge in [-0.2, -0.15) is 0 Å². The summed E-state index contributed by atoms with van der Waals surface area (Å²) in [6, 6.07) is 11.0. The summed E-state index contributed by atoms with van der Waals surface area (Å²) in [6.07, 6.45) is 1.55. The molecule has 3 nitrogen and oxygen atoms in total. The van der Waals surface area contributed by atoms with Gasteiger partial charge in [-0.3, -0.25) is 0 Å². The second-order valence-corrected chi connectivity index (χ2v) is 8.18. The number of aryl methyl sites for hydroxylation is 3. The number of benzene rings is 3. The minimum atomic E-state index is -1.50. The van der Waals surface area contributed by atoms with Crippen LogP contribution < -0.4 is 0 Å². The van der Waals surface area contributed by atoms with Gasteiger partial charge in [0.25, 0.3) is 0 Å². The van der Waals surface area contributed by atoms with Crippen LogP contribution in [0.5, 0.6) is 0 Å². The summed E-state index contributed by atoms with van der Waals surface area (Å²) < 4.78 is 71.9. The molecule has 3 aromatic rings. The fraction of sp³-hybridized carbons (Fsp3) is 0.385. The quantitative estimate of drug-likeness (QED) is 0.309. The lowest BCUT2D eigenvalue weighted by Gasteiger charge is -2.29. The van der Waals surface area contributed by atoms with Gasteiger partial charge in [-0.1, -0.05) is 30.3 Å². The first-order valence-corrected chi connectivity index (χ1v) is 11.1. The van der Waals surface area contributed by atoms with E-state index in [9.17, 15) is 13.2 Å². The maximum Gasteiger partial charge on any atom is 0.194 e. The van der Waals surface area contributed by atoms with Gasteiger partial charge in [0.15, 0.2) is 23.7 Å². The first kappa shape index (κ1) is 23.7. The van der Waals surface area contributed by atoms with Crippen LogP contribution in [0.15, 0.2) is 42.5 Å². The Bertz CT molecular complexity index is 1090. The molecule has 0 aromatic heterocycles. The van der Waals surface area contributed by atoms with E-state index in [0.717, 1.165) is 29.5 Å². The van der Waals surface area contributed by atoms with Gasteiger partial charge in [0.05, 0.1) is 13.2 Å². The second-order valence-electron chi connectivity index (χ2n) is 8.18. The molecule has 1 aliphatic rings. The summed E-state index contributed by atoms with van der Waals surface area (Å²) in [4.78, 5) is 0. The Hall–Kier alpha value is -2.48. The van der Waals surface area contributed by atoms with E-state index in [-0.39, 0.29) is 36.6 Å². The summed E-state index contributed by atoms with van der Waals surface area (Å²) in [5, 5.41) is 1.26. The maximum absolute atomic E-state index is 15.0. The van der Waals surface area contributed by atoms with E-state index in [2.05, 4.69) is 0 Å². The second kappa shape index (κ2) is 10.6. The van der Waals surface area contributed by atoms with Gasteiger partial charge < -0.3 is 14.2 Å². The fourth-order valence-corrected chi connectivity index (χ4v) is 4.08. The van der Waals surface area contributed by atoms with Crippen molar-refractivity contribution in [3.05, 3.63) is 82.4 Å². The Kier molecular flexibility index (Phi) is 7.63. The van der Waals surface area contributed by atoms with Crippen molar-refractivity contribution in [3.8, 4) is 0 Å². The van der Waals surface area contributed by atoms with Gasteiger partial charge >= 0.3 is 0 Å². The molecule has 0 bridgehead atoms. The van der Waals surface area contributed by atoms with E-state index >= 15 is 4.39 Å². The lowest BCUT2D eigenvalue weighted by atomic mass is 9.98. The molecule has 0 unspecified atom stereocenters. The average Bonchev–Trinajstić information content (AvgIpc) is 2.82. The molecule has 1 fully saturated rings. The van der Waals surface area contributed by atoms with Crippen LogP contribution in [0.4, 0.5) is 17.6 Å². The maximum atomic E-state index is 15.0. The first-order valence-electron chi connectivity index (χ1n) is 11.1. The molecule has 4 rings (SSSR count). The van der Waals surface area contributed by atoms with Gasteiger partial charge in [0.1, 0.15) is 11.9 Å². The van der Waals surface area contributed by atoms with E-state index in [1.807, 2.05) is 25.1 Å². The average molecular weight is 462 g/mol. The number of rotatable bonds is 8. The lowest BCUT2D eigenvalue weighted by Crippen LogP contribution is -2.37. The predicted octanol–water partition coefficient (Wildman–Crippen LogP) is 5.89. The van der Waals surface area contributed by atoms with Gasteiger partial charge in [0, 0.05) is 18.4 Å². The first-order chi connectivity index (χ1) is 15.9. The number of hydrogen-bond acceptors (Lipinski definition) is 3. The molecule has 0 amide bonds. The zero-order valence-corrected chi connectivity index (χ0v) is 18.4. The van der Waals surface area contributed by atoms with E-state index in [1.165, 1.54) is 0 Å². The Morgan fingerprint density at radius 1 is 0.818 bits per heavy atom. The van der Waals surface area contributed by atoms with Crippen LogP contribution >= 0.6 is 0 Å². The highest BCUT2D eigenvalue weighted by Crippen LogP contribution is 2.25. The molecule has 1 aliphatic heterocycles. The highest BCUT2D eigenvalue weighted by molar-refractivity contribution is 5.84. The third kappa shape index (κ3) is 5.72. The van der Waals surface area contributed by atoms with Crippen LogP contribution in [0.25, 0.3) is 10.8 Å². The SMILES string of the molecule is CCOC1COC(CCc2ccc3c(F)c(CCc4cc(F)c(F)c(F)c4)ccc3c2)OC1. The topological polar surface area (TPSA) is 27.7 Å². The Morgan fingerprint density at radius 2 is 1.55 bits per heavy atom. The molecule has 0 saturated carbocycles. The molecule has 1 saturated heterocycles. The summed E-state index contributed by atoms with van der Waals surface area (Å²) in [5.74, 6) is -4.34. The summed E-state index contributed by atoms with van der Waals surface area (Å²) in [6.45, 7) is 3.59. The standard InChI is InChI=1S/C26H26F4O3/c1-2-31-20-14-32-24(33-15-20)10-5-16-4-9-21-19(11-16)8-7-18(25(21)29)6-3-17-12-22(27)26(30)23(28)13-17/h4,7-9,11-13,20,24H,2-3,5-6,10,14-15H2,1H3. The number of halogens is 4. The van der Waals surface area contributed by atoms with E-state index in [0.29, 0.717) is 37.2 Å². The molecule has 0 radical (unpaired) electrons. The van der Waals surface area contributed by atoms with Crippen LogP contribution in [-0.2, 0) is 33.5 Å². The summed E-state index contributed by atoms with van der Waals surface area (Å²) >= 11 is 0. The minimum absolute atomic E-state index is 0.0230. The van der Waals surface area contributed by atoms with Crippen molar-refractivity contribution in [2.24, 2.45) is 0 Å². The summed E-state index contributed by atoms with van der Waals surface area (Å²) in [7, 11) is 0. The molecule has 7 heteroatoms. The third-order valence-electron chi connectivity index (χ3n) is 5.83. The molecular weight excluding hydrogens is 436 g/mol. The van der Waals surface area contributed by atoms with Crippen LogP contribution in [-0.4, -0.2) is 32.2 Å². The molecule has 0 N–H and O–H groups in total. The van der Waals surface area contributed by atoms with E-state index < -0.39 is 17.5 Å². The number of fused-ring (bicyclic) bond motifs is 1. The molecule has 1 heterocycles. The molecule has 0 aliphatic carbocycles. The van der Waals surface area contributed by atoms with Crippen molar-refractivity contribution in [2.75, 3.05) is 19.8 Å². The van der Waals surface area contributed by atoms with Gasteiger partial charge in [-0.25, -0.2) is 17.6 Å². The van der Waals surface area contributed by atoms with Crippen molar-refractivity contribution >= 4 is 10.8 Å². The smallest absolute Gasteiger partial charge is 0.194 e. The fourth-order valence-electron chi connectivity index (χ4n) is 4.08. The zero-order chi connectivity index (χ0) is 23.4. The van der Waals surface area contributed by atoms with E-state index in [4.69, 9.17) is 14.2 Å². The normalized spacial score (nSPS) is 18.7. The highest BCUT2D eigenvalue weighted by Gasteiger charge is 2.22. The minimum Gasteiger partial charge on any atom is -0.374 e. The van der Waals surface area contributed by atoms with E-state index in [1.54, 1.807) is 12.1 Å². The van der Waals surface area contributed by atoms with Crippen molar-refractivity contribution in [3.63, 3.8) is 0 Å². The predicted molar refractivity (Wildman–Crippen MR) is 117 cm³/mol. The van der Waals surface area contributed by atoms with Crippen LogP contribution in [0.2, 0.25) is 0 Å². The van der Waals surface area contributed by atoms with Gasteiger partial charge in [0.2, 0.25) is 0 Å². The molecule has 176 valence electrons. The molecular formula is C26H26F4O3.